The lowest BCUT2D eigenvalue weighted by Crippen LogP contribution is -2.27. The molecule has 0 aliphatic rings. The van der Waals surface area contributed by atoms with Gasteiger partial charge in [-0.25, -0.2) is 19.2 Å². The highest BCUT2D eigenvalue weighted by molar-refractivity contribution is 6.18. The summed E-state index contributed by atoms with van der Waals surface area (Å²) in [5, 5.41) is 8.97. The number of halogens is 2. The summed E-state index contributed by atoms with van der Waals surface area (Å²) in [5.74, 6) is 1.60. The predicted molar refractivity (Wildman–Crippen MR) is 178 cm³/mol. The summed E-state index contributed by atoms with van der Waals surface area (Å²) >= 11 is 5.89. The third-order valence-electron chi connectivity index (χ3n) is 7.03. The van der Waals surface area contributed by atoms with Crippen LogP contribution in [0.3, 0.4) is 0 Å². The number of anilines is 2. The van der Waals surface area contributed by atoms with Crippen LogP contribution < -0.4 is 14.8 Å². The number of hydrogen-bond acceptors (Lipinski definition) is 8. The first-order chi connectivity index (χ1) is 22.1. The molecule has 9 nitrogen and oxygen atoms in total. The first-order valence-corrected chi connectivity index (χ1v) is 15.1. The fraction of sp³-hybridized carbons (Fsp3) is 0.200. The van der Waals surface area contributed by atoms with E-state index in [4.69, 9.17) is 35.8 Å². The van der Waals surface area contributed by atoms with Gasteiger partial charge in [-0.05, 0) is 56.7 Å². The van der Waals surface area contributed by atoms with Crippen LogP contribution >= 0.6 is 11.6 Å². The third kappa shape index (κ3) is 6.43. The average Bonchev–Trinajstić information content (AvgIpc) is 3.46. The topological polar surface area (TPSA) is 100 Å². The zero-order valence-electron chi connectivity index (χ0n) is 25.7. The summed E-state index contributed by atoms with van der Waals surface area (Å²) in [6.07, 6.45) is 1.02. The van der Waals surface area contributed by atoms with Crippen molar-refractivity contribution in [2.45, 2.75) is 26.4 Å². The molecule has 6 rings (SSSR count). The molecule has 6 aromatic rings. The van der Waals surface area contributed by atoms with E-state index >= 15 is 4.39 Å². The molecule has 0 unspecified atom stereocenters. The van der Waals surface area contributed by atoms with Crippen molar-refractivity contribution in [2.24, 2.45) is 0 Å². The molecule has 4 aromatic carbocycles. The number of carbonyl (C=O) groups is 1. The van der Waals surface area contributed by atoms with Gasteiger partial charge in [0.1, 0.15) is 23.8 Å². The Labute approximate surface area is 269 Å². The number of aromatic nitrogens is 4. The smallest absolute Gasteiger partial charge is 0.435 e. The summed E-state index contributed by atoms with van der Waals surface area (Å²) in [5.41, 5.74) is 2.89. The summed E-state index contributed by atoms with van der Waals surface area (Å²) in [6, 6.07) is 23.2. The lowest BCUT2D eigenvalue weighted by molar-refractivity contribution is 0.0522. The van der Waals surface area contributed by atoms with Crippen LogP contribution in [0, 0.1) is 5.82 Å². The van der Waals surface area contributed by atoms with Crippen LogP contribution in [0.5, 0.6) is 11.5 Å². The molecule has 0 atom stereocenters. The number of nitrogens with zero attached hydrogens (tertiary/aromatic N) is 4. The third-order valence-corrected chi connectivity index (χ3v) is 7.18. The van der Waals surface area contributed by atoms with Crippen LogP contribution in [-0.4, -0.2) is 51.0 Å². The van der Waals surface area contributed by atoms with Crippen LogP contribution in [0.1, 0.15) is 20.8 Å². The van der Waals surface area contributed by atoms with Gasteiger partial charge in [-0.15, -0.1) is 11.6 Å². The predicted octanol–water partition coefficient (Wildman–Crippen LogP) is 8.61. The Balaban J connectivity index is 1.43. The first kappa shape index (κ1) is 30.8. The lowest BCUT2D eigenvalue weighted by atomic mass is 10.0. The maximum absolute atomic E-state index is 15.4. The number of alkyl halides is 1. The molecular weight excluding hydrogens is 609 g/mol. The minimum absolute atomic E-state index is 0.274. The monoisotopic (exact) mass is 639 g/mol. The van der Waals surface area contributed by atoms with E-state index in [1.807, 2.05) is 36.4 Å². The number of benzene rings is 4. The fourth-order valence-corrected chi connectivity index (χ4v) is 5.06. The number of methoxy groups -OCH3 is 1. The molecule has 0 spiro atoms. The summed E-state index contributed by atoms with van der Waals surface area (Å²) in [7, 11) is 1.54. The minimum Gasteiger partial charge on any atom is -0.493 e. The Kier molecular flexibility index (Phi) is 8.46. The summed E-state index contributed by atoms with van der Waals surface area (Å²) in [6.45, 7) is 5.67. The number of fused-ring (bicyclic) bond motifs is 2. The number of carbonyl (C=O) groups excluding carboxylic acids is 1. The molecule has 234 valence electrons. The Morgan fingerprint density at radius 3 is 2.48 bits per heavy atom. The Morgan fingerprint density at radius 1 is 0.957 bits per heavy atom. The molecule has 0 radical (unpaired) electrons. The molecule has 0 bridgehead atoms. The Bertz CT molecular complexity index is 2060. The highest BCUT2D eigenvalue weighted by Gasteiger charge is 2.21. The first-order valence-electron chi connectivity index (χ1n) is 14.6. The quantitative estimate of drug-likeness (QED) is 0.165. The van der Waals surface area contributed by atoms with Gasteiger partial charge in [-0.3, -0.25) is 0 Å². The van der Waals surface area contributed by atoms with Crippen molar-refractivity contribution < 1.29 is 23.4 Å². The highest BCUT2D eigenvalue weighted by atomic mass is 35.5. The van der Waals surface area contributed by atoms with Gasteiger partial charge < -0.3 is 19.5 Å². The second-order valence-corrected chi connectivity index (χ2v) is 11.8. The standard InChI is InChI=1S/C35H31ClFN5O4/c1-35(2,3)46-34(43)42-29-13-11-24(16-23(29)20-38-42)39-33-26-18-31(45-15-14-36)30(44-4)19-28(26)40-32(41-33)22-10-12-25(27(37)17-22)21-8-6-5-7-9-21/h5-13,16-20H,14-15H2,1-4H3,(H,39,40,41). The SMILES string of the molecule is COc1cc2nc(-c3ccc(-c4ccccc4)c(F)c3)nc(Nc3ccc4c(cnn4C(=O)OC(C)(C)C)c3)c2cc1OCCCl. The van der Waals surface area contributed by atoms with Crippen molar-refractivity contribution in [1.82, 2.24) is 19.7 Å². The van der Waals surface area contributed by atoms with Gasteiger partial charge in [-0.2, -0.15) is 9.78 Å². The number of nitrogens with one attached hydrogen (secondary N) is 1. The molecular formula is C35H31ClFN5O4. The number of rotatable bonds is 8. The molecule has 0 saturated heterocycles. The van der Waals surface area contributed by atoms with Crippen molar-refractivity contribution in [1.29, 1.82) is 0 Å². The van der Waals surface area contributed by atoms with E-state index < -0.39 is 17.5 Å². The van der Waals surface area contributed by atoms with E-state index in [9.17, 15) is 4.79 Å². The summed E-state index contributed by atoms with van der Waals surface area (Å²) in [4.78, 5) is 22.3. The second-order valence-electron chi connectivity index (χ2n) is 11.4. The normalized spacial score (nSPS) is 11.5. The van der Waals surface area contributed by atoms with Crippen molar-refractivity contribution in [3.63, 3.8) is 0 Å². The van der Waals surface area contributed by atoms with Crippen LogP contribution in [0.25, 0.3) is 44.3 Å². The lowest BCUT2D eigenvalue weighted by Gasteiger charge is -2.19. The minimum atomic E-state index is -0.664. The molecule has 0 amide bonds. The zero-order chi connectivity index (χ0) is 32.4. The van der Waals surface area contributed by atoms with E-state index in [1.54, 1.807) is 70.5 Å². The van der Waals surface area contributed by atoms with Gasteiger partial charge in [-0.1, -0.05) is 42.5 Å². The van der Waals surface area contributed by atoms with Gasteiger partial charge in [0.15, 0.2) is 17.3 Å². The van der Waals surface area contributed by atoms with Crippen LogP contribution in [0.2, 0.25) is 0 Å². The van der Waals surface area contributed by atoms with Crippen LogP contribution in [-0.2, 0) is 4.74 Å². The highest BCUT2D eigenvalue weighted by Crippen LogP contribution is 2.37. The molecule has 0 aliphatic heterocycles. The molecule has 11 heteroatoms. The van der Waals surface area contributed by atoms with Crippen LogP contribution in [0.15, 0.2) is 85.1 Å². The van der Waals surface area contributed by atoms with E-state index in [1.165, 1.54) is 10.7 Å². The number of hydrogen-bond donors (Lipinski definition) is 1. The largest absolute Gasteiger partial charge is 0.493 e. The molecule has 0 aliphatic carbocycles. The molecule has 0 saturated carbocycles. The van der Waals surface area contributed by atoms with E-state index in [0.29, 0.717) is 67.6 Å². The molecule has 2 heterocycles. The molecule has 1 N–H and O–H groups in total. The van der Waals surface area contributed by atoms with Gasteiger partial charge in [0.2, 0.25) is 0 Å². The summed E-state index contributed by atoms with van der Waals surface area (Å²) < 4.78 is 33.6. The maximum atomic E-state index is 15.4. The van der Waals surface area contributed by atoms with Crippen molar-refractivity contribution >= 4 is 51.0 Å². The molecule has 0 fully saturated rings. The van der Waals surface area contributed by atoms with Crippen molar-refractivity contribution in [2.75, 3.05) is 24.9 Å². The van der Waals surface area contributed by atoms with E-state index in [2.05, 4.69) is 10.4 Å². The van der Waals surface area contributed by atoms with Crippen molar-refractivity contribution in [3.05, 3.63) is 90.9 Å². The van der Waals surface area contributed by atoms with Gasteiger partial charge in [0.25, 0.3) is 0 Å². The molecule has 2 aromatic heterocycles. The average molecular weight is 640 g/mol. The zero-order valence-corrected chi connectivity index (χ0v) is 26.4. The Morgan fingerprint density at radius 2 is 1.76 bits per heavy atom. The Hall–Kier alpha value is -5.22. The second kappa shape index (κ2) is 12.6. The fourth-order valence-electron chi connectivity index (χ4n) is 4.99. The number of ether oxygens (including phenoxy) is 3. The van der Waals surface area contributed by atoms with Gasteiger partial charge in [0.05, 0.1) is 30.2 Å². The maximum Gasteiger partial charge on any atom is 0.435 e. The van der Waals surface area contributed by atoms with E-state index in [0.717, 1.165) is 5.56 Å². The van der Waals surface area contributed by atoms with E-state index in [-0.39, 0.29) is 6.61 Å². The molecule has 46 heavy (non-hydrogen) atoms. The van der Waals surface area contributed by atoms with Gasteiger partial charge >= 0.3 is 6.09 Å². The van der Waals surface area contributed by atoms with Crippen LogP contribution in [0.4, 0.5) is 20.7 Å². The van der Waals surface area contributed by atoms with Gasteiger partial charge in [0, 0.05) is 33.7 Å². The van der Waals surface area contributed by atoms with Crippen molar-refractivity contribution in [3.8, 4) is 34.0 Å².